The Morgan fingerprint density at radius 3 is 2.27 bits per heavy atom. The molecule has 2 rings (SSSR count). The Bertz CT molecular complexity index is 424. The van der Waals surface area contributed by atoms with Crippen molar-refractivity contribution in [2.24, 2.45) is 5.92 Å². The van der Waals surface area contributed by atoms with Gasteiger partial charge in [0, 0.05) is 24.7 Å². The van der Waals surface area contributed by atoms with Crippen LogP contribution in [0.4, 0.5) is 0 Å². The second-order valence-corrected chi connectivity index (χ2v) is 7.56. The van der Waals surface area contributed by atoms with E-state index in [1.807, 2.05) is 0 Å². The summed E-state index contributed by atoms with van der Waals surface area (Å²) in [4.78, 5) is 0. The first kappa shape index (κ1) is 17.5. The SMILES string of the molecule is Cc1ccc(CN[C@@H]2CCCC[C@H]2NC(C)CC(C)C)cc1. The van der Waals surface area contributed by atoms with Crippen LogP contribution >= 0.6 is 0 Å². The molecule has 2 N–H and O–H groups in total. The van der Waals surface area contributed by atoms with Gasteiger partial charge in [-0.2, -0.15) is 0 Å². The van der Waals surface area contributed by atoms with Gasteiger partial charge >= 0.3 is 0 Å². The highest BCUT2D eigenvalue weighted by atomic mass is 15.0. The van der Waals surface area contributed by atoms with Crippen molar-refractivity contribution in [2.75, 3.05) is 0 Å². The molecular formula is C20H34N2. The summed E-state index contributed by atoms with van der Waals surface area (Å²) in [5.41, 5.74) is 2.73. The third-order valence-electron chi connectivity index (χ3n) is 4.78. The summed E-state index contributed by atoms with van der Waals surface area (Å²) in [6.07, 6.45) is 6.62. The number of hydrogen-bond donors (Lipinski definition) is 2. The molecule has 1 aliphatic rings. The van der Waals surface area contributed by atoms with E-state index in [-0.39, 0.29) is 0 Å². The first-order valence-corrected chi connectivity index (χ1v) is 9.09. The maximum atomic E-state index is 3.88. The van der Waals surface area contributed by atoms with Crippen LogP contribution in [-0.2, 0) is 6.54 Å². The van der Waals surface area contributed by atoms with Gasteiger partial charge in [0.05, 0.1) is 0 Å². The van der Waals surface area contributed by atoms with E-state index in [1.54, 1.807) is 0 Å². The molecule has 0 radical (unpaired) electrons. The minimum Gasteiger partial charge on any atom is -0.310 e. The molecule has 0 spiro atoms. The number of rotatable bonds is 7. The summed E-state index contributed by atoms with van der Waals surface area (Å²) in [5, 5.41) is 7.69. The Kier molecular flexibility index (Phi) is 6.91. The van der Waals surface area contributed by atoms with Crippen molar-refractivity contribution in [1.29, 1.82) is 0 Å². The van der Waals surface area contributed by atoms with Gasteiger partial charge in [-0.25, -0.2) is 0 Å². The first-order valence-electron chi connectivity index (χ1n) is 9.09. The fraction of sp³-hybridized carbons (Fsp3) is 0.700. The second kappa shape index (κ2) is 8.69. The van der Waals surface area contributed by atoms with Crippen molar-refractivity contribution in [1.82, 2.24) is 10.6 Å². The quantitative estimate of drug-likeness (QED) is 0.779. The van der Waals surface area contributed by atoms with Crippen LogP contribution in [0.1, 0.15) is 64.0 Å². The van der Waals surface area contributed by atoms with Gasteiger partial charge in [0.1, 0.15) is 0 Å². The molecule has 2 nitrogen and oxygen atoms in total. The Morgan fingerprint density at radius 1 is 1.00 bits per heavy atom. The molecule has 2 heteroatoms. The molecule has 0 aromatic heterocycles. The summed E-state index contributed by atoms with van der Waals surface area (Å²) in [6, 6.07) is 10.8. The van der Waals surface area contributed by atoms with Crippen molar-refractivity contribution in [2.45, 2.75) is 84.5 Å². The van der Waals surface area contributed by atoms with Crippen LogP contribution < -0.4 is 10.6 Å². The van der Waals surface area contributed by atoms with Gasteiger partial charge in [-0.3, -0.25) is 0 Å². The van der Waals surface area contributed by atoms with E-state index in [4.69, 9.17) is 0 Å². The number of nitrogens with one attached hydrogen (secondary N) is 2. The summed E-state index contributed by atoms with van der Waals surface area (Å²) in [5.74, 6) is 0.769. The maximum absolute atomic E-state index is 3.88. The monoisotopic (exact) mass is 302 g/mol. The van der Waals surface area contributed by atoms with Gasteiger partial charge in [0.25, 0.3) is 0 Å². The highest BCUT2D eigenvalue weighted by molar-refractivity contribution is 5.21. The maximum Gasteiger partial charge on any atom is 0.0224 e. The summed E-state index contributed by atoms with van der Waals surface area (Å²) >= 11 is 0. The molecule has 0 aliphatic heterocycles. The molecule has 0 saturated heterocycles. The Morgan fingerprint density at radius 2 is 1.64 bits per heavy atom. The van der Waals surface area contributed by atoms with E-state index in [2.05, 4.69) is 62.6 Å². The zero-order chi connectivity index (χ0) is 15.9. The van der Waals surface area contributed by atoms with E-state index in [9.17, 15) is 0 Å². The predicted octanol–water partition coefficient (Wildman–Crippen LogP) is 4.42. The van der Waals surface area contributed by atoms with E-state index < -0.39 is 0 Å². The standard InChI is InChI=1S/C20H34N2/c1-15(2)13-17(4)22-20-8-6-5-7-19(20)21-14-18-11-9-16(3)10-12-18/h9-12,15,17,19-22H,5-8,13-14H2,1-4H3/t17?,19-,20-/m1/s1. The van der Waals surface area contributed by atoms with Crippen molar-refractivity contribution in [3.8, 4) is 0 Å². The average molecular weight is 303 g/mol. The van der Waals surface area contributed by atoms with Crippen LogP contribution in [0.15, 0.2) is 24.3 Å². The fourth-order valence-electron chi connectivity index (χ4n) is 3.67. The van der Waals surface area contributed by atoms with Crippen LogP contribution in [0.25, 0.3) is 0 Å². The lowest BCUT2D eigenvalue weighted by atomic mass is 9.89. The third-order valence-corrected chi connectivity index (χ3v) is 4.78. The van der Waals surface area contributed by atoms with Gasteiger partial charge in [-0.1, -0.05) is 56.5 Å². The van der Waals surface area contributed by atoms with Gasteiger partial charge in [-0.05, 0) is 44.6 Å². The molecule has 3 atom stereocenters. The number of aryl methyl sites for hydroxylation is 1. The summed E-state index contributed by atoms with van der Waals surface area (Å²) < 4.78 is 0. The minimum absolute atomic E-state index is 0.615. The lowest BCUT2D eigenvalue weighted by molar-refractivity contribution is 0.255. The van der Waals surface area contributed by atoms with Crippen molar-refractivity contribution < 1.29 is 0 Å². The molecule has 22 heavy (non-hydrogen) atoms. The molecule has 0 amide bonds. The van der Waals surface area contributed by atoms with Crippen LogP contribution in [0.5, 0.6) is 0 Å². The van der Waals surface area contributed by atoms with Crippen molar-refractivity contribution in [3.05, 3.63) is 35.4 Å². The van der Waals surface area contributed by atoms with Crippen LogP contribution in [0.3, 0.4) is 0 Å². The lowest BCUT2D eigenvalue weighted by Crippen LogP contribution is -2.52. The normalized spacial score (nSPS) is 23.7. The third kappa shape index (κ3) is 5.73. The van der Waals surface area contributed by atoms with Crippen LogP contribution in [0, 0.1) is 12.8 Å². The van der Waals surface area contributed by atoms with Crippen molar-refractivity contribution >= 4 is 0 Å². The largest absolute Gasteiger partial charge is 0.310 e. The molecule has 0 bridgehead atoms. The zero-order valence-electron chi connectivity index (χ0n) is 14.9. The van der Waals surface area contributed by atoms with Gasteiger partial charge < -0.3 is 10.6 Å². The second-order valence-electron chi connectivity index (χ2n) is 7.56. The predicted molar refractivity (Wildman–Crippen MR) is 96.1 cm³/mol. The van der Waals surface area contributed by atoms with E-state index in [0.29, 0.717) is 18.1 Å². The highest BCUT2D eigenvalue weighted by Crippen LogP contribution is 2.20. The van der Waals surface area contributed by atoms with Crippen molar-refractivity contribution in [3.63, 3.8) is 0 Å². The van der Waals surface area contributed by atoms with Gasteiger partial charge in [0.2, 0.25) is 0 Å². The van der Waals surface area contributed by atoms with E-state index in [0.717, 1.165) is 12.5 Å². The molecular weight excluding hydrogens is 268 g/mol. The van der Waals surface area contributed by atoms with Crippen LogP contribution in [0.2, 0.25) is 0 Å². The topological polar surface area (TPSA) is 24.1 Å². The lowest BCUT2D eigenvalue weighted by Gasteiger charge is -2.35. The first-order chi connectivity index (χ1) is 10.5. The molecule has 1 aromatic rings. The summed E-state index contributed by atoms with van der Waals surface area (Å²) in [6.45, 7) is 10.1. The molecule has 1 aliphatic carbocycles. The smallest absolute Gasteiger partial charge is 0.0224 e. The Hall–Kier alpha value is -0.860. The van der Waals surface area contributed by atoms with E-state index >= 15 is 0 Å². The molecule has 0 heterocycles. The van der Waals surface area contributed by atoms with E-state index in [1.165, 1.54) is 43.2 Å². The molecule has 124 valence electrons. The fourth-order valence-corrected chi connectivity index (χ4v) is 3.67. The number of benzene rings is 1. The highest BCUT2D eigenvalue weighted by Gasteiger charge is 2.25. The Balaban J connectivity index is 1.85. The van der Waals surface area contributed by atoms with Gasteiger partial charge in [0.15, 0.2) is 0 Å². The number of hydrogen-bond acceptors (Lipinski definition) is 2. The summed E-state index contributed by atoms with van der Waals surface area (Å²) in [7, 11) is 0. The average Bonchev–Trinajstić information content (AvgIpc) is 2.47. The van der Waals surface area contributed by atoms with Crippen LogP contribution in [-0.4, -0.2) is 18.1 Å². The Labute approximate surface area is 137 Å². The minimum atomic E-state index is 0.615. The molecule has 1 fully saturated rings. The molecule has 1 aromatic carbocycles. The van der Waals surface area contributed by atoms with Gasteiger partial charge in [-0.15, -0.1) is 0 Å². The molecule has 1 unspecified atom stereocenters. The zero-order valence-corrected chi connectivity index (χ0v) is 14.9. The molecule has 1 saturated carbocycles.